The molecule has 0 bridgehead atoms. The summed E-state index contributed by atoms with van der Waals surface area (Å²) in [5.74, 6) is -0.289. The number of esters is 1. The molecule has 0 saturated carbocycles. The van der Waals surface area contributed by atoms with E-state index >= 15 is 0 Å². The number of carbonyl (C=O) groups is 1. The minimum Gasteiger partial charge on any atom is -0.462 e. The molecule has 0 unspecified atom stereocenters. The van der Waals surface area contributed by atoms with Gasteiger partial charge in [0.25, 0.3) is 0 Å². The van der Waals surface area contributed by atoms with Gasteiger partial charge in [0.1, 0.15) is 10.6 Å². The van der Waals surface area contributed by atoms with E-state index < -0.39 is 5.97 Å². The quantitative estimate of drug-likeness (QED) is 0.636. The Labute approximate surface area is 123 Å². The highest BCUT2D eigenvalue weighted by molar-refractivity contribution is 7.11. The topological polar surface area (TPSA) is 97.5 Å². The predicted octanol–water partition coefficient (Wildman–Crippen LogP) is 2.11. The average Bonchev–Trinajstić information content (AvgIpc) is 2.82. The van der Waals surface area contributed by atoms with Crippen LogP contribution in [0.5, 0.6) is 0 Å². The Morgan fingerprint density at radius 2 is 2.10 bits per heavy atom. The van der Waals surface area contributed by atoms with E-state index in [-0.39, 0.29) is 30.0 Å². The van der Waals surface area contributed by atoms with Gasteiger partial charge >= 0.3 is 5.97 Å². The standard InChI is InChI=1S/C13H23N3O3S/c1-4-13(5-2,8-17)7-15-11-9(10(14)16-20-11)12(18)19-6-3/h15,17H,4-8H2,1-3H3,(H2,14,16). The molecule has 0 fully saturated rings. The molecular weight excluding hydrogens is 278 g/mol. The van der Waals surface area contributed by atoms with E-state index in [2.05, 4.69) is 9.69 Å². The molecule has 0 amide bonds. The molecule has 20 heavy (non-hydrogen) atoms. The zero-order valence-electron chi connectivity index (χ0n) is 12.2. The van der Waals surface area contributed by atoms with Gasteiger partial charge in [-0.2, -0.15) is 4.37 Å². The summed E-state index contributed by atoms with van der Waals surface area (Å²) in [6.07, 6.45) is 1.69. The van der Waals surface area contributed by atoms with Gasteiger partial charge in [0.15, 0.2) is 5.82 Å². The Balaban J connectivity index is 2.86. The number of aliphatic hydroxyl groups excluding tert-OH is 1. The number of nitrogen functional groups attached to an aromatic ring is 1. The molecule has 1 aromatic heterocycles. The maximum absolute atomic E-state index is 11.9. The molecule has 0 aliphatic rings. The lowest BCUT2D eigenvalue weighted by molar-refractivity contribution is 0.0529. The third-order valence-electron chi connectivity index (χ3n) is 3.66. The highest BCUT2D eigenvalue weighted by Gasteiger charge is 2.27. The second-order valence-electron chi connectivity index (χ2n) is 4.71. The van der Waals surface area contributed by atoms with Gasteiger partial charge in [-0.05, 0) is 31.3 Å². The van der Waals surface area contributed by atoms with Crippen molar-refractivity contribution < 1.29 is 14.6 Å². The molecule has 0 aliphatic heterocycles. The van der Waals surface area contributed by atoms with Crippen LogP contribution in [-0.2, 0) is 4.74 Å². The monoisotopic (exact) mass is 301 g/mol. The van der Waals surface area contributed by atoms with Crippen LogP contribution in [0, 0.1) is 5.41 Å². The lowest BCUT2D eigenvalue weighted by Crippen LogP contribution is -2.32. The molecule has 0 saturated heterocycles. The summed E-state index contributed by atoms with van der Waals surface area (Å²) in [5.41, 5.74) is 5.80. The number of aromatic nitrogens is 1. The van der Waals surface area contributed by atoms with Crippen LogP contribution in [0.2, 0.25) is 0 Å². The number of hydrogen-bond donors (Lipinski definition) is 3. The van der Waals surface area contributed by atoms with Crippen LogP contribution < -0.4 is 11.1 Å². The van der Waals surface area contributed by atoms with Gasteiger partial charge in [-0.15, -0.1) is 0 Å². The molecule has 1 heterocycles. The number of nitrogens with zero attached hydrogens (tertiary/aromatic N) is 1. The van der Waals surface area contributed by atoms with Crippen LogP contribution in [0.3, 0.4) is 0 Å². The van der Waals surface area contributed by atoms with Crippen molar-refractivity contribution in [3.8, 4) is 0 Å². The van der Waals surface area contributed by atoms with E-state index in [0.29, 0.717) is 11.5 Å². The van der Waals surface area contributed by atoms with Gasteiger partial charge in [0.05, 0.1) is 13.2 Å². The zero-order chi connectivity index (χ0) is 15.2. The number of rotatable bonds is 8. The van der Waals surface area contributed by atoms with Crippen molar-refractivity contribution in [3.05, 3.63) is 5.56 Å². The van der Waals surface area contributed by atoms with Crippen molar-refractivity contribution in [2.75, 3.05) is 30.8 Å². The normalized spacial score (nSPS) is 11.4. The summed E-state index contributed by atoms with van der Waals surface area (Å²) >= 11 is 1.13. The molecule has 0 radical (unpaired) electrons. The first-order chi connectivity index (χ1) is 9.53. The fraction of sp³-hybridized carbons (Fsp3) is 0.692. The maximum atomic E-state index is 11.9. The molecule has 0 atom stereocenters. The first-order valence-corrected chi connectivity index (χ1v) is 7.57. The van der Waals surface area contributed by atoms with Crippen molar-refractivity contribution in [1.82, 2.24) is 4.37 Å². The minimum absolute atomic E-state index is 0.0933. The number of carbonyl (C=O) groups excluding carboxylic acids is 1. The Kier molecular flexibility index (Phi) is 6.22. The fourth-order valence-corrected chi connectivity index (χ4v) is 2.57. The molecule has 0 aliphatic carbocycles. The van der Waals surface area contributed by atoms with Gasteiger partial charge in [0, 0.05) is 12.0 Å². The lowest BCUT2D eigenvalue weighted by Gasteiger charge is -2.29. The molecule has 6 nitrogen and oxygen atoms in total. The highest BCUT2D eigenvalue weighted by Crippen LogP contribution is 2.31. The van der Waals surface area contributed by atoms with Crippen molar-refractivity contribution in [1.29, 1.82) is 0 Å². The number of hydrogen-bond acceptors (Lipinski definition) is 7. The van der Waals surface area contributed by atoms with Gasteiger partial charge < -0.3 is 20.9 Å². The first-order valence-electron chi connectivity index (χ1n) is 6.80. The van der Waals surface area contributed by atoms with E-state index in [4.69, 9.17) is 10.5 Å². The molecule has 114 valence electrons. The lowest BCUT2D eigenvalue weighted by atomic mass is 9.83. The Hall–Kier alpha value is -1.34. The van der Waals surface area contributed by atoms with Gasteiger partial charge in [-0.25, -0.2) is 4.79 Å². The van der Waals surface area contributed by atoms with Gasteiger partial charge in [-0.1, -0.05) is 13.8 Å². The summed E-state index contributed by atoms with van der Waals surface area (Å²) < 4.78 is 8.97. The average molecular weight is 301 g/mol. The number of nitrogens with two attached hydrogens (primary N) is 1. The van der Waals surface area contributed by atoms with Crippen LogP contribution in [0.25, 0.3) is 0 Å². The predicted molar refractivity (Wildman–Crippen MR) is 81.1 cm³/mol. The van der Waals surface area contributed by atoms with Crippen molar-refractivity contribution in [2.24, 2.45) is 5.41 Å². The number of anilines is 2. The second-order valence-corrected chi connectivity index (χ2v) is 5.48. The van der Waals surface area contributed by atoms with E-state index in [0.717, 1.165) is 24.4 Å². The first kappa shape index (κ1) is 16.7. The van der Waals surface area contributed by atoms with Gasteiger partial charge in [0.2, 0.25) is 0 Å². The molecule has 0 aromatic carbocycles. The van der Waals surface area contributed by atoms with Crippen LogP contribution in [0.15, 0.2) is 0 Å². The number of ether oxygens (including phenoxy) is 1. The van der Waals surface area contributed by atoms with E-state index in [9.17, 15) is 9.90 Å². The molecule has 7 heteroatoms. The zero-order valence-corrected chi connectivity index (χ0v) is 13.0. The Morgan fingerprint density at radius 1 is 1.45 bits per heavy atom. The SMILES string of the molecule is CCOC(=O)c1c(N)nsc1NCC(CC)(CC)CO. The van der Waals surface area contributed by atoms with Gasteiger partial charge in [-0.3, -0.25) is 0 Å². The van der Waals surface area contributed by atoms with Crippen LogP contribution in [0.4, 0.5) is 10.8 Å². The third-order valence-corrected chi connectivity index (χ3v) is 4.48. The summed E-state index contributed by atoms with van der Waals surface area (Å²) in [4.78, 5) is 11.9. The molecule has 1 rings (SSSR count). The largest absolute Gasteiger partial charge is 0.462 e. The number of aliphatic hydroxyl groups is 1. The fourth-order valence-electron chi connectivity index (χ4n) is 1.87. The van der Waals surface area contributed by atoms with Crippen molar-refractivity contribution >= 4 is 28.3 Å². The van der Waals surface area contributed by atoms with Crippen LogP contribution in [0.1, 0.15) is 44.0 Å². The third kappa shape index (κ3) is 3.61. The van der Waals surface area contributed by atoms with E-state index in [1.165, 1.54) is 0 Å². The van der Waals surface area contributed by atoms with Crippen LogP contribution in [-0.4, -0.2) is 35.2 Å². The summed E-state index contributed by atoms with van der Waals surface area (Å²) in [7, 11) is 0. The molecule has 0 spiro atoms. The van der Waals surface area contributed by atoms with Crippen LogP contribution >= 0.6 is 11.5 Å². The summed E-state index contributed by atoms with van der Waals surface area (Å²) in [5, 5.41) is 13.3. The van der Waals surface area contributed by atoms with E-state index in [1.54, 1.807) is 6.92 Å². The molecular formula is C13H23N3O3S. The van der Waals surface area contributed by atoms with Crippen molar-refractivity contribution in [3.63, 3.8) is 0 Å². The summed E-state index contributed by atoms with van der Waals surface area (Å²) in [6, 6.07) is 0. The van der Waals surface area contributed by atoms with E-state index in [1.807, 2.05) is 13.8 Å². The minimum atomic E-state index is -0.469. The highest BCUT2D eigenvalue weighted by atomic mass is 32.1. The number of nitrogens with one attached hydrogen (secondary N) is 1. The Bertz CT molecular complexity index is 436. The molecule has 1 aromatic rings. The molecule has 4 N–H and O–H groups in total. The second kappa shape index (κ2) is 7.44. The smallest absolute Gasteiger partial charge is 0.344 e. The van der Waals surface area contributed by atoms with Crippen molar-refractivity contribution in [2.45, 2.75) is 33.6 Å². The maximum Gasteiger partial charge on any atom is 0.344 e. The summed E-state index contributed by atoms with van der Waals surface area (Å²) in [6.45, 7) is 6.76. The Morgan fingerprint density at radius 3 is 2.60 bits per heavy atom.